The van der Waals surface area contributed by atoms with Gasteiger partial charge in [-0.1, -0.05) is 0 Å². The molecule has 1 aliphatic rings. The maximum atomic E-state index is 12.7. The van der Waals surface area contributed by atoms with Crippen LogP contribution in [0.1, 0.15) is 30.1 Å². The number of likely N-dealkylation sites (tertiary alicyclic amines) is 1. The van der Waals surface area contributed by atoms with Crippen LogP contribution in [0.2, 0.25) is 0 Å². The van der Waals surface area contributed by atoms with E-state index >= 15 is 0 Å². The van der Waals surface area contributed by atoms with Crippen molar-refractivity contribution in [2.45, 2.75) is 19.8 Å². The zero-order chi connectivity index (χ0) is 15.9. The summed E-state index contributed by atoms with van der Waals surface area (Å²) in [6.45, 7) is 5.09. The van der Waals surface area contributed by atoms with Crippen LogP contribution < -0.4 is 14.8 Å². The molecule has 1 N–H and O–H groups in total. The molecule has 0 saturated carbocycles. The van der Waals surface area contributed by atoms with Crippen molar-refractivity contribution in [1.29, 1.82) is 0 Å². The van der Waals surface area contributed by atoms with Gasteiger partial charge >= 0.3 is 0 Å². The fourth-order valence-corrected chi connectivity index (χ4v) is 2.96. The molecule has 1 heterocycles. The Morgan fingerprint density at radius 3 is 2.83 bits per heavy atom. The van der Waals surface area contributed by atoms with Crippen LogP contribution >= 0.6 is 12.4 Å². The van der Waals surface area contributed by atoms with E-state index in [1.807, 2.05) is 31.0 Å². The fourth-order valence-electron chi connectivity index (χ4n) is 2.96. The highest BCUT2D eigenvalue weighted by Gasteiger charge is 2.24. The van der Waals surface area contributed by atoms with Gasteiger partial charge in [-0.2, -0.15) is 0 Å². The predicted octanol–water partition coefficient (Wildman–Crippen LogP) is 2.59. The van der Waals surface area contributed by atoms with Crippen LogP contribution in [-0.2, 0) is 0 Å². The van der Waals surface area contributed by atoms with Gasteiger partial charge in [-0.25, -0.2) is 0 Å². The summed E-state index contributed by atoms with van der Waals surface area (Å²) in [7, 11) is 3.55. The first-order valence-electron chi connectivity index (χ1n) is 7.94. The third-order valence-electron chi connectivity index (χ3n) is 4.01. The van der Waals surface area contributed by atoms with Crippen molar-refractivity contribution in [1.82, 2.24) is 10.2 Å². The number of methoxy groups -OCH3 is 1. The summed E-state index contributed by atoms with van der Waals surface area (Å²) >= 11 is 0. The molecule has 1 fully saturated rings. The molecule has 0 radical (unpaired) electrons. The van der Waals surface area contributed by atoms with E-state index in [4.69, 9.17) is 9.47 Å². The Bertz CT molecular complexity index is 509. The van der Waals surface area contributed by atoms with Gasteiger partial charge in [0, 0.05) is 18.7 Å². The lowest BCUT2D eigenvalue weighted by molar-refractivity contribution is 0.0674. The van der Waals surface area contributed by atoms with E-state index in [0.717, 1.165) is 26.1 Å². The minimum absolute atomic E-state index is 0. The molecular weight excluding hydrogens is 316 g/mol. The second-order valence-electron chi connectivity index (χ2n) is 5.62. The summed E-state index contributed by atoms with van der Waals surface area (Å²) in [5.41, 5.74) is 0.658. The summed E-state index contributed by atoms with van der Waals surface area (Å²) in [5.74, 6) is 1.89. The number of benzene rings is 1. The van der Waals surface area contributed by atoms with Gasteiger partial charge in [0.15, 0.2) is 11.5 Å². The normalized spacial score (nSPS) is 17.3. The quantitative estimate of drug-likeness (QED) is 0.863. The maximum Gasteiger partial charge on any atom is 0.254 e. The molecule has 1 unspecified atom stereocenters. The predicted molar refractivity (Wildman–Crippen MR) is 94.0 cm³/mol. The molecule has 0 spiro atoms. The molecule has 23 heavy (non-hydrogen) atoms. The fraction of sp³-hybridized carbons (Fsp3) is 0.588. The molecule has 0 aromatic heterocycles. The number of nitrogens with zero attached hydrogens (tertiary/aromatic N) is 1. The van der Waals surface area contributed by atoms with Crippen molar-refractivity contribution in [2.75, 3.05) is 40.4 Å². The van der Waals surface area contributed by atoms with E-state index in [1.54, 1.807) is 13.2 Å². The molecule has 0 bridgehead atoms. The van der Waals surface area contributed by atoms with Crippen molar-refractivity contribution >= 4 is 18.3 Å². The van der Waals surface area contributed by atoms with Gasteiger partial charge in [-0.15, -0.1) is 12.4 Å². The van der Waals surface area contributed by atoms with Crippen molar-refractivity contribution in [3.05, 3.63) is 23.8 Å². The number of halogens is 1. The third-order valence-corrected chi connectivity index (χ3v) is 4.01. The Morgan fingerprint density at radius 2 is 2.17 bits per heavy atom. The molecule has 1 amide bonds. The second kappa shape index (κ2) is 9.63. The van der Waals surface area contributed by atoms with Crippen LogP contribution in [-0.4, -0.2) is 51.2 Å². The molecule has 130 valence electrons. The molecule has 1 aromatic carbocycles. The summed E-state index contributed by atoms with van der Waals surface area (Å²) in [5, 5.41) is 3.20. The van der Waals surface area contributed by atoms with E-state index in [0.29, 0.717) is 29.6 Å². The second-order valence-corrected chi connectivity index (χ2v) is 5.62. The number of piperidine rings is 1. The molecule has 1 saturated heterocycles. The average Bonchev–Trinajstić information content (AvgIpc) is 2.55. The van der Waals surface area contributed by atoms with Gasteiger partial charge in [0.05, 0.1) is 13.7 Å². The Kier molecular flexibility index (Phi) is 8.20. The highest BCUT2D eigenvalue weighted by Crippen LogP contribution is 2.29. The van der Waals surface area contributed by atoms with Crippen LogP contribution in [0.4, 0.5) is 0 Å². The van der Waals surface area contributed by atoms with E-state index in [1.165, 1.54) is 6.42 Å². The highest BCUT2D eigenvalue weighted by molar-refractivity contribution is 5.95. The van der Waals surface area contributed by atoms with Crippen LogP contribution in [0.15, 0.2) is 18.2 Å². The minimum Gasteiger partial charge on any atom is -0.493 e. The zero-order valence-corrected chi connectivity index (χ0v) is 14.9. The van der Waals surface area contributed by atoms with E-state index < -0.39 is 0 Å². The molecule has 0 aliphatic carbocycles. The molecule has 6 heteroatoms. The van der Waals surface area contributed by atoms with Gasteiger partial charge in [0.2, 0.25) is 0 Å². The lowest BCUT2D eigenvalue weighted by Gasteiger charge is -2.32. The monoisotopic (exact) mass is 342 g/mol. The number of amides is 1. The first-order valence-corrected chi connectivity index (χ1v) is 7.94. The number of hydrogen-bond donors (Lipinski definition) is 1. The van der Waals surface area contributed by atoms with Gasteiger partial charge in [0.1, 0.15) is 0 Å². The number of rotatable bonds is 6. The average molecular weight is 343 g/mol. The maximum absolute atomic E-state index is 12.7. The topological polar surface area (TPSA) is 50.8 Å². The molecule has 2 rings (SSSR count). The van der Waals surface area contributed by atoms with E-state index in [-0.39, 0.29) is 18.3 Å². The van der Waals surface area contributed by atoms with E-state index in [9.17, 15) is 4.79 Å². The highest BCUT2D eigenvalue weighted by atomic mass is 35.5. The number of nitrogens with one attached hydrogen (secondary N) is 1. The molecular formula is C17H27ClN2O3. The van der Waals surface area contributed by atoms with Gasteiger partial charge in [-0.3, -0.25) is 4.79 Å². The minimum atomic E-state index is 0. The van der Waals surface area contributed by atoms with Gasteiger partial charge < -0.3 is 19.7 Å². The Morgan fingerprint density at radius 1 is 1.39 bits per heavy atom. The summed E-state index contributed by atoms with van der Waals surface area (Å²) in [6.07, 6.45) is 2.24. The number of carbonyl (C=O) groups is 1. The Hall–Kier alpha value is -1.46. The van der Waals surface area contributed by atoms with Crippen molar-refractivity contribution in [2.24, 2.45) is 5.92 Å². The first-order chi connectivity index (χ1) is 10.7. The molecule has 1 atom stereocenters. The smallest absolute Gasteiger partial charge is 0.254 e. The summed E-state index contributed by atoms with van der Waals surface area (Å²) < 4.78 is 10.8. The SMILES string of the molecule is CCOc1ccc(C(=O)N2CCCC(CNC)C2)cc1OC.Cl. The van der Waals surface area contributed by atoms with E-state index in [2.05, 4.69) is 5.32 Å². The third kappa shape index (κ3) is 5.01. The Balaban J connectivity index is 0.00000264. The first kappa shape index (κ1) is 19.6. The lowest BCUT2D eigenvalue weighted by atomic mass is 9.97. The summed E-state index contributed by atoms with van der Waals surface area (Å²) in [4.78, 5) is 14.6. The van der Waals surface area contributed by atoms with Gasteiger partial charge in [-0.05, 0) is 57.5 Å². The van der Waals surface area contributed by atoms with Crippen molar-refractivity contribution in [3.63, 3.8) is 0 Å². The van der Waals surface area contributed by atoms with Gasteiger partial charge in [0.25, 0.3) is 5.91 Å². The van der Waals surface area contributed by atoms with Crippen LogP contribution in [0.25, 0.3) is 0 Å². The number of ether oxygens (including phenoxy) is 2. The lowest BCUT2D eigenvalue weighted by Crippen LogP contribution is -2.42. The Labute approximate surface area is 144 Å². The van der Waals surface area contributed by atoms with Crippen molar-refractivity contribution < 1.29 is 14.3 Å². The van der Waals surface area contributed by atoms with Crippen LogP contribution in [0.5, 0.6) is 11.5 Å². The largest absolute Gasteiger partial charge is 0.493 e. The molecule has 5 nitrogen and oxygen atoms in total. The molecule has 1 aromatic rings. The van der Waals surface area contributed by atoms with Crippen molar-refractivity contribution in [3.8, 4) is 11.5 Å². The number of carbonyl (C=O) groups excluding carboxylic acids is 1. The standard InChI is InChI=1S/C17H26N2O3.ClH/c1-4-22-15-8-7-14(10-16(15)21-3)17(20)19-9-5-6-13(12-19)11-18-2;/h7-8,10,13,18H,4-6,9,11-12H2,1-3H3;1H. The van der Waals surface area contributed by atoms with Crippen LogP contribution in [0.3, 0.4) is 0 Å². The van der Waals surface area contributed by atoms with Crippen LogP contribution in [0, 0.1) is 5.92 Å². The molecule has 1 aliphatic heterocycles. The number of hydrogen-bond acceptors (Lipinski definition) is 4. The zero-order valence-electron chi connectivity index (χ0n) is 14.1. The summed E-state index contributed by atoms with van der Waals surface area (Å²) in [6, 6.07) is 5.40.